The van der Waals surface area contributed by atoms with Gasteiger partial charge in [0.1, 0.15) is 0 Å². The third kappa shape index (κ3) is 4.09. The quantitative estimate of drug-likeness (QED) is 0.646. The van der Waals surface area contributed by atoms with Crippen LogP contribution < -0.4 is 15.4 Å². The zero-order valence-electron chi connectivity index (χ0n) is 10.7. The minimum absolute atomic E-state index is 0.112. The van der Waals surface area contributed by atoms with Crippen LogP contribution >= 0.6 is 11.6 Å². The van der Waals surface area contributed by atoms with Crippen LogP contribution in [0.15, 0.2) is 18.2 Å². The molecule has 2 N–H and O–H groups in total. The SMILES string of the molecule is CNC(=O)NC(=O)[C@@H](C)Oc1ccc(Cl)cc1[N+](=O)[O-]. The molecule has 9 heteroatoms. The normalized spacial score (nSPS) is 11.3. The monoisotopic (exact) mass is 301 g/mol. The Morgan fingerprint density at radius 1 is 1.45 bits per heavy atom. The van der Waals surface area contributed by atoms with Crippen LogP contribution in [0.5, 0.6) is 5.75 Å². The van der Waals surface area contributed by atoms with Crippen LogP contribution in [0.2, 0.25) is 5.02 Å². The highest BCUT2D eigenvalue weighted by atomic mass is 35.5. The molecular weight excluding hydrogens is 290 g/mol. The fourth-order valence-electron chi connectivity index (χ4n) is 1.25. The predicted molar refractivity (Wildman–Crippen MR) is 70.8 cm³/mol. The van der Waals surface area contributed by atoms with E-state index in [1.165, 1.54) is 26.1 Å². The van der Waals surface area contributed by atoms with E-state index in [0.29, 0.717) is 0 Å². The number of carbonyl (C=O) groups is 2. The molecule has 0 fully saturated rings. The topological polar surface area (TPSA) is 111 Å². The van der Waals surface area contributed by atoms with Crippen LogP contribution in [0.3, 0.4) is 0 Å². The predicted octanol–water partition coefficient (Wildman–Crippen LogP) is 1.47. The maximum absolute atomic E-state index is 11.6. The molecule has 1 rings (SSSR count). The van der Waals surface area contributed by atoms with Crippen molar-refractivity contribution in [3.05, 3.63) is 33.3 Å². The van der Waals surface area contributed by atoms with Crippen LogP contribution in [-0.4, -0.2) is 30.0 Å². The second-order valence-corrected chi connectivity index (χ2v) is 4.13. The Labute approximate surface area is 119 Å². The Bertz CT molecular complexity index is 549. The van der Waals surface area contributed by atoms with E-state index in [2.05, 4.69) is 5.32 Å². The van der Waals surface area contributed by atoms with Gasteiger partial charge in [0.25, 0.3) is 5.91 Å². The number of nitrogens with one attached hydrogen (secondary N) is 2. The van der Waals surface area contributed by atoms with Crippen molar-refractivity contribution in [3.8, 4) is 5.75 Å². The molecule has 20 heavy (non-hydrogen) atoms. The highest BCUT2D eigenvalue weighted by Crippen LogP contribution is 2.30. The molecule has 108 valence electrons. The number of hydrogen-bond donors (Lipinski definition) is 2. The molecule has 0 saturated carbocycles. The van der Waals surface area contributed by atoms with Crippen molar-refractivity contribution in [3.63, 3.8) is 0 Å². The number of amides is 3. The van der Waals surface area contributed by atoms with Gasteiger partial charge < -0.3 is 10.1 Å². The van der Waals surface area contributed by atoms with Crippen molar-refractivity contribution in [1.82, 2.24) is 10.6 Å². The molecule has 0 saturated heterocycles. The summed E-state index contributed by atoms with van der Waals surface area (Å²) in [6, 6.07) is 3.09. The first-order chi connectivity index (χ1) is 9.35. The van der Waals surface area contributed by atoms with Gasteiger partial charge in [-0.1, -0.05) is 11.6 Å². The van der Waals surface area contributed by atoms with Gasteiger partial charge in [0, 0.05) is 18.1 Å². The molecule has 3 amide bonds. The van der Waals surface area contributed by atoms with Gasteiger partial charge in [-0.15, -0.1) is 0 Å². The number of benzene rings is 1. The minimum atomic E-state index is -1.09. The van der Waals surface area contributed by atoms with E-state index >= 15 is 0 Å². The number of nitro groups is 1. The van der Waals surface area contributed by atoms with Gasteiger partial charge >= 0.3 is 11.7 Å². The van der Waals surface area contributed by atoms with Crippen LogP contribution in [0, 0.1) is 10.1 Å². The van der Waals surface area contributed by atoms with Gasteiger partial charge in [-0.05, 0) is 19.1 Å². The highest BCUT2D eigenvalue weighted by Gasteiger charge is 2.22. The largest absolute Gasteiger partial charge is 0.474 e. The molecule has 1 atom stereocenters. The van der Waals surface area contributed by atoms with Crippen molar-refractivity contribution < 1.29 is 19.2 Å². The zero-order valence-corrected chi connectivity index (χ0v) is 11.4. The van der Waals surface area contributed by atoms with Gasteiger partial charge in [-0.25, -0.2) is 4.79 Å². The summed E-state index contributed by atoms with van der Waals surface area (Å²) >= 11 is 5.66. The van der Waals surface area contributed by atoms with Gasteiger partial charge in [-0.2, -0.15) is 0 Å². The summed E-state index contributed by atoms with van der Waals surface area (Å²) in [6.45, 7) is 1.36. The Morgan fingerprint density at radius 2 is 2.10 bits per heavy atom. The molecule has 0 aliphatic rings. The third-order valence-corrected chi connectivity index (χ3v) is 2.49. The average Bonchev–Trinajstić information content (AvgIpc) is 2.40. The first-order valence-corrected chi connectivity index (χ1v) is 5.86. The molecule has 0 bridgehead atoms. The highest BCUT2D eigenvalue weighted by molar-refractivity contribution is 6.30. The van der Waals surface area contributed by atoms with Crippen LogP contribution in [0.25, 0.3) is 0 Å². The average molecular weight is 302 g/mol. The standard InChI is InChI=1S/C11H12ClN3O5/c1-6(10(16)14-11(17)13-2)20-9-4-3-7(12)5-8(9)15(18)19/h3-6H,1-2H3,(H2,13,14,16,17)/t6-/m1/s1. The second kappa shape index (κ2) is 6.71. The smallest absolute Gasteiger partial charge is 0.321 e. The Hall–Kier alpha value is -2.35. The van der Waals surface area contributed by atoms with Gasteiger partial charge in [-0.3, -0.25) is 20.2 Å². The van der Waals surface area contributed by atoms with Crippen molar-refractivity contribution in [2.75, 3.05) is 7.05 Å². The summed E-state index contributed by atoms with van der Waals surface area (Å²) in [5.41, 5.74) is -0.364. The fourth-order valence-corrected chi connectivity index (χ4v) is 1.42. The Morgan fingerprint density at radius 3 is 2.65 bits per heavy atom. The lowest BCUT2D eigenvalue weighted by Gasteiger charge is -2.14. The minimum Gasteiger partial charge on any atom is -0.474 e. The van der Waals surface area contributed by atoms with E-state index in [4.69, 9.17) is 16.3 Å². The summed E-state index contributed by atoms with van der Waals surface area (Å²) in [4.78, 5) is 32.7. The lowest BCUT2D eigenvalue weighted by molar-refractivity contribution is -0.386. The van der Waals surface area contributed by atoms with Gasteiger partial charge in [0.05, 0.1) is 4.92 Å². The second-order valence-electron chi connectivity index (χ2n) is 3.70. The molecule has 0 aromatic heterocycles. The molecule has 1 aromatic rings. The molecule has 0 aliphatic carbocycles. The van der Waals surface area contributed by atoms with E-state index in [9.17, 15) is 19.7 Å². The van der Waals surface area contributed by atoms with E-state index in [1.54, 1.807) is 0 Å². The maximum atomic E-state index is 11.6. The van der Waals surface area contributed by atoms with Gasteiger partial charge in [0.2, 0.25) is 0 Å². The maximum Gasteiger partial charge on any atom is 0.321 e. The zero-order chi connectivity index (χ0) is 15.3. The lowest BCUT2D eigenvalue weighted by Crippen LogP contribution is -2.44. The van der Waals surface area contributed by atoms with E-state index in [-0.39, 0.29) is 16.5 Å². The van der Waals surface area contributed by atoms with Crippen molar-refractivity contribution in [2.45, 2.75) is 13.0 Å². The number of hydrogen-bond acceptors (Lipinski definition) is 5. The van der Waals surface area contributed by atoms with Crippen molar-refractivity contribution >= 4 is 29.2 Å². The summed E-state index contributed by atoms with van der Waals surface area (Å²) in [5, 5.41) is 15.2. The van der Waals surface area contributed by atoms with E-state index in [1.807, 2.05) is 5.32 Å². The number of ether oxygens (including phenoxy) is 1. The number of nitro benzene ring substituents is 1. The molecule has 0 radical (unpaired) electrons. The van der Waals surface area contributed by atoms with Crippen LogP contribution in [0.4, 0.5) is 10.5 Å². The molecule has 0 unspecified atom stereocenters. The van der Waals surface area contributed by atoms with Crippen molar-refractivity contribution in [1.29, 1.82) is 0 Å². The van der Waals surface area contributed by atoms with Gasteiger partial charge in [0.15, 0.2) is 11.9 Å². The van der Waals surface area contributed by atoms with E-state index in [0.717, 1.165) is 6.07 Å². The first kappa shape index (κ1) is 15.7. The number of carbonyl (C=O) groups excluding carboxylic acids is 2. The molecule has 1 aromatic carbocycles. The molecule has 0 spiro atoms. The Kier molecular flexibility index (Phi) is 5.27. The summed E-state index contributed by atoms with van der Waals surface area (Å²) in [7, 11) is 1.35. The van der Waals surface area contributed by atoms with Crippen LogP contribution in [0.1, 0.15) is 6.92 Å². The number of rotatable bonds is 4. The Balaban J connectivity index is 2.85. The molecule has 0 heterocycles. The van der Waals surface area contributed by atoms with E-state index < -0.39 is 23.0 Å². The fraction of sp³-hybridized carbons (Fsp3) is 0.273. The summed E-state index contributed by atoms with van der Waals surface area (Å²) < 4.78 is 5.18. The number of nitrogens with zero attached hydrogens (tertiary/aromatic N) is 1. The molecule has 0 aliphatic heterocycles. The number of halogens is 1. The van der Waals surface area contributed by atoms with Crippen molar-refractivity contribution in [2.24, 2.45) is 0 Å². The lowest BCUT2D eigenvalue weighted by atomic mass is 10.3. The molecule has 8 nitrogen and oxygen atoms in total. The summed E-state index contributed by atoms with van der Waals surface area (Å²) in [5.74, 6) is -0.840. The number of urea groups is 1. The first-order valence-electron chi connectivity index (χ1n) is 5.48. The summed E-state index contributed by atoms with van der Waals surface area (Å²) in [6.07, 6.45) is -1.09. The van der Waals surface area contributed by atoms with Crippen LogP contribution in [-0.2, 0) is 4.79 Å². The number of imide groups is 1. The third-order valence-electron chi connectivity index (χ3n) is 2.25. The molecular formula is C11H12ClN3O5.